The average Bonchev–Trinajstić information content (AvgIpc) is 0.655. The van der Waals surface area contributed by atoms with Gasteiger partial charge in [0.1, 0.15) is 0 Å². The second-order valence-electron chi connectivity index (χ2n) is 27.8. The third kappa shape index (κ3) is 7.51. The Balaban J connectivity index is 0.931. The monoisotopic (exact) mass is 1160 g/mol. The highest BCUT2D eigenvalue weighted by molar-refractivity contribution is 7.61. The highest BCUT2D eigenvalue weighted by Gasteiger charge is 2.78. The van der Waals surface area contributed by atoms with Crippen molar-refractivity contribution in [3.8, 4) is 0 Å². The summed E-state index contributed by atoms with van der Waals surface area (Å²) in [6.45, 7) is 0. The number of benzene rings is 8. The van der Waals surface area contributed by atoms with Gasteiger partial charge < -0.3 is 29.4 Å². The van der Waals surface area contributed by atoms with Crippen LogP contribution < -0.4 is 29.4 Å². The van der Waals surface area contributed by atoms with Gasteiger partial charge in [0.25, 0.3) is 0 Å². The smallest absolute Gasteiger partial charge is 0.0592 e. The molecule has 86 heavy (non-hydrogen) atoms. The summed E-state index contributed by atoms with van der Waals surface area (Å²) in [6.07, 6.45) is 12.6. The van der Waals surface area contributed by atoms with E-state index in [1.54, 1.807) is 11.1 Å². The topological polar surface area (TPSA) is 19.4 Å². The second-order valence-corrected chi connectivity index (χ2v) is 33.2. The van der Waals surface area contributed by atoms with E-state index in [0.29, 0.717) is 118 Å². The summed E-state index contributed by atoms with van der Waals surface area (Å²) < 4.78 is 0. The van der Waals surface area contributed by atoms with Gasteiger partial charge in [-0.2, -0.15) is 0 Å². The number of fused-ring (bicyclic) bond motifs is 2. The van der Waals surface area contributed by atoms with Gasteiger partial charge in [-0.05, 0) is 160 Å². The minimum Gasteiger partial charge on any atom is -0.364 e. The van der Waals surface area contributed by atoms with Crippen LogP contribution in [-0.4, -0.2) is 106 Å². The first-order valence-electron chi connectivity index (χ1n) is 33.4. The molecular formula is C78H80N6P2. The first kappa shape index (κ1) is 51.5. The predicted octanol–water partition coefficient (Wildman–Crippen LogP) is 16.2. The van der Waals surface area contributed by atoms with E-state index in [1.807, 2.05) is 0 Å². The van der Waals surface area contributed by atoms with E-state index in [-0.39, 0.29) is 0 Å². The Morgan fingerprint density at radius 2 is 0.430 bits per heavy atom. The van der Waals surface area contributed by atoms with Crippen molar-refractivity contribution >= 4 is 50.0 Å². The summed E-state index contributed by atoms with van der Waals surface area (Å²) in [5.74, 6) is 0.896. The van der Waals surface area contributed by atoms with Crippen LogP contribution in [0, 0.1) is 0 Å². The lowest BCUT2D eigenvalue weighted by Crippen LogP contribution is -2.91. The number of hydrogen-bond donors (Lipinski definition) is 0. The molecule has 6 saturated heterocycles. The van der Waals surface area contributed by atoms with Crippen LogP contribution >= 0.6 is 15.8 Å². The summed E-state index contributed by atoms with van der Waals surface area (Å²) >= 11 is 0. The minimum atomic E-state index is -0.597. The maximum absolute atomic E-state index is 3.32. The number of anilines is 6. The Bertz CT molecular complexity index is 3490. The molecule has 11 aliphatic rings. The number of nitrogens with zero attached hydrogens (tertiary/aromatic N) is 6. The third-order valence-corrected chi connectivity index (χ3v) is 32.5. The molecule has 6 aliphatic heterocycles. The number of rotatable bonds is 8. The van der Waals surface area contributed by atoms with E-state index in [9.17, 15) is 0 Å². The summed E-state index contributed by atoms with van der Waals surface area (Å²) in [5, 5.41) is 0. The zero-order valence-corrected chi connectivity index (χ0v) is 51.1. The molecular weight excluding hydrogens is 1080 g/mol. The fraction of sp³-hybridized carbons (Fsp3) is 0.385. The molecule has 18 unspecified atom stereocenters. The van der Waals surface area contributed by atoms with Crippen LogP contribution in [0.2, 0.25) is 0 Å². The molecule has 0 amide bonds. The van der Waals surface area contributed by atoms with E-state index in [1.165, 1.54) is 98.3 Å². The third-order valence-electron chi connectivity index (χ3n) is 24.4. The minimum absolute atomic E-state index is 0.321. The van der Waals surface area contributed by atoms with Gasteiger partial charge in [0.15, 0.2) is 0 Å². The maximum atomic E-state index is 3.32. The van der Waals surface area contributed by atoms with E-state index in [0.717, 1.165) is 0 Å². The molecule has 0 N–H and O–H groups in total. The van der Waals surface area contributed by atoms with Crippen LogP contribution in [0.1, 0.15) is 87.2 Å². The fourth-order valence-corrected chi connectivity index (χ4v) is 32.7. The molecule has 0 spiro atoms. The molecule has 5 saturated carbocycles. The predicted molar refractivity (Wildman–Crippen MR) is 360 cm³/mol. The van der Waals surface area contributed by atoms with Gasteiger partial charge in [0.2, 0.25) is 0 Å². The average molecular weight is 1160 g/mol. The molecule has 8 aromatic carbocycles. The quantitative estimate of drug-likeness (QED) is 0.140. The van der Waals surface area contributed by atoms with Crippen molar-refractivity contribution in [3.63, 3.8) is 0 Å². The lowest BCUT2D eigenvalue weighted by atomic mass is 9.68. The van der Waals surface area contributed by atoms with Crippen molar-refractivity contribution in [3.05, 3.63) is 254 Å². The van der Waals surface area contributed by atoms with E-state index < -0.39 is 15.8 Å². The Hall–Kier alpha value is -6.58. The SMILES string of the molecule is c1ccc(C2CC3C4C(C2)N(c2ccccc2)C2C5C6C(C7C2P4C2C(CC(c4ccccc4)CC2N7c2ccccc2)N3c2ccccc2)N(c2ccccc2)C2CCCC3C2P6C2C(CCCC2N5c2ccccc2)N3c2ccccc2)cc1. The standard InChI is InChI=1S/C78H80N6P2/c1-9-27-51(28-10-1)53-47-65-75-67(49-53)83(59-39-21-7-22-40-59)71-69-77-70(72-78(71)86(75)76-66(80(65)56-33-15-4-16-34-56)48-54(52-29-11-2-12-30-52)50-68(76)84(72)60-41-23-8-24-42-60)82(58-37-19-6-20-38-58)64-46-26-44-62-74(64)85(77)73-61(79(62)55-31-13-3-14-32-55)43-25-45-63(73)81(69)57-35-17-5-18-36-57/h1-24,27-42,53-54,61-78H,25-26,43-50H2. The van der Waals surface area contributed by atoms with Gasteiger partial charge >= 0.3 is 0 Å². The van der Waals surface area contributed by atoms with Crippen molar-refractivity contribution in [2.75, 3.05) is 29.4 Å². The molecule has 0 aromatic heterocycles. The molecule has 5 aliphatic carbocycles. The van der Waals surface area contributed by atoms with E-state index in [4.69, 9.17) is 0 Å². The first-order chi connectivity index (χ1) is 42.8. The van der Waals surface area contributed by atoms with Crippen LogP contribution in [0.25, 0.3) is 0 Å². The van der Waals surface area contributed by atoms with Crippen molar-refractivity contribution in [2.45, 2.75) is 183 Å². The second kappa shape index (κ2) is 20.5. The van der Waals surface area contributed by atoms with Crippen molar-refractivity contribution in [1.82, 2.24) is 0 Å². The highest BCUT2D eigenvalue weighted by Crippen LogP contribution is 2.80. The Morgan fingerprint density at radius 3 is 0.721 bits per heavy atom. The van der Waals surface area contributed by atoms with Gasteiger partial charge in [-0.3, -0.25) is 0 Å². The molecule has 18 atom stereocenters. The molecule has 6 heterocycles. The summed E-state index contributed by atoms with van der Waals surface area (Å²) in [5.41, 5.74) is 15.2. The summed E-state index contributed by atoms with van der Waals surface area (Å²) in [4.78, 5) is 19.5. The summed E-state index contributed by atoms with van der Waals surface area (Å²) in [6, 6.07) is 102. The van der Waals surface area contributed by atoms with E-state index >= 15 is 0 Å². The lowest BCUT2D eigenvalue weighted by molar-refractivity contribution is 0.141. The van der Waals surface area contributed by atoms with Crippen LogP contribution in [0.15, 0.2) is 243 Å². The van der Waals surface area contributed by atoms with Gasteiger partial charge in [0, 0.05) is 116 Å². The van der Waals surface area contributed by atoms with Crippen LogP contribution in [-0.2, 0) is 0 Å². The maximum Gasteiger partial charge on any atom is 0.0592 e. The molecule has 432 valence electrons. The van der Waals surface area contributed by atoms with Gasteiger partial charge in [-0.1, -0.05) is 186 Å². The Labute approximate surface area is 512 Å². The van der Waals surface area contributed by atoms with E-state index in [2.05, 4.69) is 272 Å². The zero-order chi connectivity index (χ0) is 56.1. The molecule has 0 bridgehead atoms. The molecule has 19 rings (SSSR count). The molecule has 6 nitrogen and oxygen atoms in total. The van der Waals surface area contributed by atoms with Gasteiger partial charge in [0.05, 0.1) is 24.2 Å². The normalized spacial score (nSPS) is 38.3. The Morgan fingerprint density at radius 1 is 0.221 bits per heavy atom. The van der Waals surface area contributed by atoms with Crippen molar-refractivity contribution in [1.29, 1.82) is 0 Å². The number of para-hydroxylation sites is 6. The summed E-state index contributed by atoms with van der Waals surface area (Å²) in [7, 11) is -1.11. The zero-order valence-electron chi connectivity index (χ0n) is 49.3. The van der Waals surface area contributed by atoms with Crippen LogP contribution in [0.4, 0.5) is 34.1 Å². The van der Waals surface area contributed by atoms with Crippen molar-refractivity contribution < 1.29 is 0 Å². The molecule has 0 radical (unpaired) electrons. The molecule has 8 aromatic rings. The first-order valence-corrected chi connectivity index (χ1v) is 36.5. The van der Waals surface area contributed by atoms with Gasteiger partial charge in [-0.15, -0.1) is 0 Å². The fourth-order valence-electron chi connectivity index (χ4n) is 22.2. The number of hydrogen-bond acceptors (Lipinski definition) is 6. The molecule has 11 fully saturated rings. The highest BCUT2D eigenvalue weighted by atomic mass is 31.1. The van der Waals surface area contributed by atoms with Crippen LogP contribution in [0.5, 0.6) is 0 Å². The largest absolute Gasteiger partial charge is 0.364 e. The Kier molecular flexibility index (Phi) is 12.3. The van der Waals surface area contributed by atoms with Crippen LogP contribution in [0.3, 0.4) is 0 Å². The lowest BCUT2D eigenvalue weighted by Gasteiger charge is -2.81. The van der Waals surface area contributed by atoms with Gasteiger partial charge in [-0.25, -0.2) is 0 Å². The van der Waals surface area contributed by atoms with Crippen molar-refractivity contribution in [2.24, 2.45) is 0 Å². The molecule has 8 heteroatoms.